The van der Waals surface area contributed by atoms with Crippen molar-refractivity contribution in [2.45, 2.75) is 13.0 Å². The van der Waals surface area contributed by atoms with Crippen LogP contribution >= 0.6 is 79.4 Å². The van der Waals surface area contributed by atoms with Crippen LogP contribution in [0.25, 0.3) is 11.2 Å². The summed E-state index contributed by atoms with van der Waals surface area (Å²) in [6, 6.07) is 20.8. The standard InChI is InChI=1S/C17H21NO.C11H9I3N2O4.C7H7ClN4O2.Na/c1-18(2)13-14-19-17(15-9-5-3-6-10-15)16-11-7-4-8-12-16;1-3(17)16-9-7(13)4(10(18)15-2)6(12)5(8(9)14)11(19)20;1-11-4-3(9-6(8)10-4)5(13)12(2)7(11)14;/h3-12,17H,13-14H2,1-2H3;1-2H3,(H,15,18)(H,16,17)(H,19,20);1-2H3,(H,9,10);/q;;;+1/p-1. The van der Waals surface area contributed by atoms with Gasteiger partial charge in [-0.05, 0) is 105 Å². The number of H-pyrrole nitrogens is 1. The van der Waals surface area contributed by atoms with Crippen molar-refractivity contribution in [3.63, 3.8) is 0 Å². The van der Waals surface area contributed by atoms with E-state index in [9.17, 15) is 29.1 Å². The molecule has 5 aromatic rings. The first-order valence-corrected chi connectivity index (χ1v) is 19.2. The molecule has 0 saturated heterocycles. The summed E-state index contributed by atoms with van der Waals surface area (Å²) in [7, 11) is 8.50. The molecule has 0 unspecified atom stereocenters. The second-order valence-electron chi connectivity index (χ2n) is 11.4. The van der Waals surface area contributed by atoms with Gasteiger partial charge in [0.25, 0.3) is 11.5 Å². The van der Waals surface area contributed by atoms with Gasteiger partial charge in [0, 0.05) is 47.3 Å². The molecule has 19 heteroatoms. The first-order valence-electron chi connectivity index (χ1n) is 15.6. The van der Waals surface area contributed by atoms with Crippen molar-refractivity contribution in [1.82, 2.24) is 29.3 Å². The molecule has 3 aromatic carbocycles. The Hall–Kier alpha value is -2.38. The fourth-order valence-corrected chi connectivity index (χ4v) is 9.29. The van der Waals surface area contributed by atoms with E-state index in [0.717, 1.165) is 17.7 Å². The van der Waals surface area contributed by atoms with Crippen molar-refractivity contribution in [2.75, 3.05) is 39.6 Å². The number of carboxylic acid groups (broad SMARTS) is 1. The molecule has 0 aliphatic rings. The van der Waals surface area contributed by atoms with Crippen LogP contribution in [0.4, 0.5) is 5.69 Å². The molecule has 54 heavy (non-hydrogen) atoms. The smallest absolute Gasteiger partial charge is 0.545 e. The summed E-state index contributed by atoms with van der Waals surface area (Å²) in [5, 5.41) is 16.4. The van der Waals surface area contributed by atoms with Crippen LogP contribution in [0.15, 0.2) is 70.3 Å². The average molecular weight is 1110 g/mol. The Balaban J connectivity index is 0.000000281. The minimum absolute atomic E-state index is 0. The maximum absolute atomic E-state index is 11.9. The van der Waals surface area contributed by atoms with Crippen molar-refractivity contribution in [3.05, 3.63) is 120 Å². The average Bonchev–Trinajstić information content (AvgIpc) is 3.52. The Kier molecular flexibility index (Phi) is 19.8. The fraction of sp³-hybridized carbons (Fsp3) is 0.257. The Morgan fingerprint density at radius 2 is 1.44 bits per heavy atom. The topological polar surface area (TPSA) is 183 Å². The molecule has 282 valence electrons. The number of rotatable bonds is 9. The zero-order chi connectivity index (χ0) is 39.6. The molecule has 2 amide bonds. The van der Waals surface area contributed by atoms with E-state index < -0.39 is 23.1 Å². The van der Waals surface area contributed by atoms with Crippen LogP contribution < -0.4 is 56.5 Å². The predicted molar refractivity (Wildman–Crippen MR) is 227 cm³/mol. The molecule has 2 heterocycles. The van der Waals surface area contributed by atoms with Gasteiger partial charge in [-0.25, -0.2) is 4.79 Å². The minimum atomic E-state index is -1.40. The first kappa shape index (κ1) is 47.8. The van der Waals surface area contributed by atoms with Crippen molar-refractivity contribution in [2.24, 2.45) is 14.1 Å². The monoisotopic (exact) mass is 1100 g/mol. The quantitative estimate of drug-likeness (QED) is 0.111. The number of fused-ring (bicyclic) bond motifs is 1. The third kappa shape index (κ3) is 12.3. The van der Waals surface area contributed by atoms with E-state index in [1.807, 2.05) is 57.3 Å². The fourth-order valence-electron chi connectivity index (χ4n) is 4.74. The Morgan fingerprint density at radius 1 is 0.926 bits per heavy atom. The number of hydrogen-bond donors (Lipinski definition) is 3. The third-order valence-corrected chi connectivity index (χ3v) is 10.8. The first-order chi connectivity index (χ1) is 25.0. The number of amides is 2. The molecule has 0 aliphatic heterocycles. The zero-order valence-corrected chi connectivity index (χ0v) is 39.7. The Bertz CT molecular complexity index is 2180. The van der Waals surface area contributed by atoms with E-state index in [0.29, 0.717) is 12.8 Å². The molecule has 5 rings (SSSR count). The molecule has 0 saturated carbocycles. The number of hydrogen-bond acceptors (Lipinski definition) is 9. The number of carbonyl (C=O) groups excluding carboxylic acids is 3. The molecule has 14 nitrogen and oxygen atoms in total. The number of halogens is 4. The number of carboxylic acids is 1. The number of likely N-dealkylation sites (N-methyl/N-ethyl adjacent to an activating group) is 1. The second-order valence-corrected chi connectivity index (χ2v) is 15.0. The van der Waals surface area contributed by atoms with Crippen molar-refractivity contribution in [1.29, 1.82) is 0 Å². The summed E-state index contributed by atoms with van der Waals surface area (Å²) in [4.78, 5) is 66.0. The van der Waals surface area contributed by atoms with Crippen LogP contribution in [0, 0.1) is 10.7 Å². The summed E-state index contributed by atoms with van der Waals surface area (Å²) in [5.41, 5.74) is 2.46. The normalized spacial score (nSPS) is 10.5. The maximum atomic E-state index is 11.9. The van der Waals surface area contributed by atoms with Crippen LogP contribution in [-0.2, 0) is 23.6 Å². The number of anilines is 1. The van der Waals surface area contributed by atoms with Crippen LogP contribution in [0.1, 0.15) is 44.9 Å². The molecule has 0 fully saturated rings. The van der Waals surface area contributed by atoms with Crippen LogP contribution in [0.5, 0.6) is 0 Å². The van der Waals surface area contributed by atoms with Crippen LogP contribution in [0.2, 0.25) is 5.28 Å². The van der Waals surface area contributed by atoms with Gasteiger partial charge < -0.3 is 35.2 Å². The van der Waals surface area contributed by atoms with E-state index in [1.54, 1.807) is 22.6 Å². The number of nitrogens with one attached hydrogen (secondary N) is 3. The number of nitrogens with zero attached hydrogens (tertiary/aromatic N) is 4. The molecule has 0 aliphatic carbocycles. The second kappa shape index (κ2) is 22.4. The van der Waals surface area contributed by atoms with Crippen molar-refractivity contribution >= 4 is 114 Å². The number of aryl methyl sites for hydroxylation is 1. The number of aromatic carboxylic acids is 1. The molecule has 0 spiro atoms. The Labute approximate surface area is 379 Å². The zero-order valence-electron chi connectivity index (χ0n) is 30.4. The van der Waals surface area contributed by atoms with Gasteiger partial charge in [0.15, 0.2) is 11.2 Å². The summed E-state index contributed by atoms with van der Waals surface area (Å²) in [5.74, 6) is -2.18. The van der Waals surface area contributed by atoms with E-state index in [-0.39, 0.29) is 72.7 Å². The predicted octanol–water partition coefficient (Wildman–Crippen LogP) is 1.15. The molecule has 0 radical (unpaired) electrons. The molecular weight excluding hydrogens is 1070 g/mol. The van der Waals surface area contributed by atoms with Crippen LogP contribution in [-0.4, -0.2) is 76.1 Å². The number of aromatic nitrogens is 4. The van der Waals surface area contributed by atoms with Gasteiger partial charge in [-0.2, -0.15) is 4.98 Å². The SMILES string of the molecule is CN(C)CCOC(c1ccccc1)c1ccccc1.CNC(=O)c1c(I)c(NC(C)=O)c(I)c(C(=O)[O-])c1I.Cn1c(=O)c2[nH]c(Cl)nc2n(C)c1=O.[Na+]. The van der Waals surface area contributed by atoms with E-state index in [4.69, 9.17) is 16.3 Å². The van der Waals surface area contributed by atoms with Gasteiger partial charge in [0.1, 0.15) is 6.10 Å². The van der Waals surface area contributed by atoms with Gasteiger partial charge >= 0.3 is 35.2 Å². The van der Waals surface area contributed by atoms with Gasteiger partial charge in [0.05, 0.1) is 27.4 Å². The van der Waals surface area contributed by atoms with E-state index >= 15 is 0 Å². The third-order valence-electron chi connectivity index (χ3n) is 7.37. The van der Waals surface area contributed by atoms with Crippen molar-refractivity contribution < 1.29 is 53.8 Å². The number of imidazole rings is 1. The largest absolute Gasteiger partial charge is 1.00 e. The molecule has 0 bridgehead atoms. The van der Waals surface area contributed by atoms with E-state index in [2.05, 4.69) is 88.1 Å². The number of benzene rings is 3. The Morgan fingerprint density at radius 3 is 1.91 bits per heavy atom. The van der Waals surface area contributed by atoms with Gasteiger partial charge in [-0.3, -0.25) is 23.5 Å². The minimum Gasteiger partial charge on any atom is -0.545 e. The summed E-state index contributed by atoms with van der Waals surface area (Å²) < 4.78 is 9.44. The summed E-state index contributed by atoms with van der Waals surface area (Å²) in [6.45, 7) is 2.96. The number of carbonyl (C=O) groups is 3. The summed E-state index contributed by atoms with van der Waals surface area (Å²) in [6.07, 6.45) is 0.0161. The molecule has 2 aromatic heterocycles. The molecular formula is C35H36ClI3N7NaO7. The van der Waals surface area contributed by atoms with Crippen molar-refractivity contribution in [3.8, 4) is 0 Å². The summed E-state index contributed by atoms with van der Waals surface area (Å²) >= 11 is 11.1. The molecule has 3 N–H and O–H groups in total. The number of aromatic amines is 1. The van der Waals surface area contributed by atoms with Gasteiger partial charge in [-0.1, -0.05) is 60.7 Å². The number of ether oxygens (including phenoxy) is 1. The van der Waals surface area contributed by atoms with E-state index in [1.165, 1.54) is 43.8 Å². The van der Waals surface area contributed by atoms with Gasteiger partial charge in [0.2, 0.25) is 11.2 Å². The van der Waals surface area contributed by atoms with Crippen LogP contribution in [0.3, 0.4) is 0 Å². The molecule has 0 atom stereocenters. The maximum Gasteiger partial charge on any atom is 1.00 e. The van der Waals surface area contributed by atoms with Gasteiger partial charge in [-0.15, -0.1) is 0 Å².